The van der Waals surface area contributed by atoms with Crippen molar-refractivity contribution in [3.63, 3.8) is 0 Å². The van der Waals surface area contributed by atoms with Gasteiger partial charge in [0.25, 0.3) is 0 Å². The van der Waals surface area contributed by atoms with Crippen molar-refractivity contribution in [1.29, 1.82) is 0 Å². The van der Waals surface area contributed by atoms with Crippen molar-refractivity contribution in [3.8, 4) is 11.5 Å². The zero-order chi connectivity index (χ0) is 16.9. The molecule has 0 aliphatic carbocycles. The van der Waals surface area contributed by atoms with Crippen molar-refractivity contribution in [2.75, 3.05) is 19.7 Å². The maximum atomic E-state index is 12.4. The average Bonchev–Trinajstić information content (AvgIpc) is 3.02. The normalized spacial score (nSPS) is 16.3. The van der Waals surface area contributed by atoms with Gasteiger partial charge in [-0.1, -0.05) is 12.1 Å². The SMILES string of the molecule is CCN(CC1COc2ccccc2O1)C(=O)/C=C/c1ccc(Br)s1. The van der Waals surface area contributed by atoms with Crippen LogP contribution in [0.3, 0.4) is 0 Å². The van der Waals surface area contributed by atoms with Gasteiger partial charge in [-0.15, -0.1) is 11.3 Å². The Kier molecular flexibility index (Phi) is 5.58. The van der Waals surface area contributed by atoms with Gasteiger partial charge in [-0.05, 0) is 53.2 Å². The Balaban J connectivity index is 1.60. The van der Waals surface area contributed by atoms with Gasteiger partial charge in [0.2, 0.25) is 5.91 Å². The molecule has 3 rings (SSSR count). The summed E-state index contributed by atoms with van der Waals surface area (Å²) in [6, 6.07) is 11.5. The van der Waals surface area contributed by atoms with Crippen LogP contribution in [0.25, 0.3) is 6.08 Å². The van der Waals surface area contributed by atoms with E-state index in [9.17, 15) is 4.79 Å². The van der Waals surface area contributed by atoms with Gasteiger partial charge in [-0.2, -0.15) is 0 Å². The van der Waals surface area contributed by atoms with E-state index in [4.69, 9.17) is 9.47 Å². The molecule has 1 aromatic carbocycles. The van der Waals surface area contributed by atoms with Crippen molar-refractivity contribution in [2.24, 2.45) is 0 Å². The van der Waals surface area contributed by atoms with E-state index in [0.29, 0.717) is 19.7 Å². The minimum Gasteiger partial charge on any atom is -0.486 e. The van der Waals surface area contributed by atoms with Crippen molar-refractivity contribution in [3.05, 3.63) is 51.1 Å². The smallest absolute Gasteiger partial charge is 0.246 e. The van der Waals surface area contributed by atoms with Gasteiger partial charge < -0.3 is 14.4 Å². The number of halogens is 1. The first-order chi connectivity index (χ1) is 11.7. The summed E-state index contributed by atoms with van der Waals surface area (Å²) in [5.74, 6) is 1.46. The zero-order valence-electron chi connectivity index (χ0n) is 13.3. The fourth-order valence-electron chi connectivity index (χ4n) is 2.45. The van der Waals surface area contributed by atoms with Crippen LogP contribution in [-0.2, 0) is 4.79 Å². The molecule has 0 fully saturated rings. The highest BCUT2D eigenvalue weighted by molar-refractivity contribution is 9.11. The molecule has 6 heteroatoms. The first-order valence-corrected chi connectivity index (χ1v) is 9.37. The summed E-state index contributed by atoms with van der Waals surface area (Å²) >= 11 is 5.01. The predicted molar refractivity (Wildman–Crippen MR) is 99.7 cm³/mol. The van der Waals surface area contributed by atoms with Crippen LogP contribution in [-0.4, -0.2) is 36.6 Å². The number of ether oxygens (including phenoxy) is 2. The van der Waals surface area contributed by atoms with E-state index in [1.54, 1.807) is 22.3 Å². The van der Waals surface area contributed by atoms with E-state index in [1.807, 2.05) is 49.4 Å². The summed E-state index contributed by atoms with van der Waals surface area (Å²) in [6.45, 7) is 3.54. The number of carbonyl (C=O) groups is 1. The van der Waals surface area contributed by atoms with Crippen LogP contribution in [0.4, 0.5) is 0 Å². The lowest BCUT2D eigenvalue weighted by molar-refractivity contribution is -0.127. The molecule has 24 heavy (non-hydrogen) atoms. The van der Waals surface area contributed by atoms with Crippen molar-refractivity contribution in [2.45, 2.75) is 13.0 Å². The van der Waals surface area contributed by atoms with E-state index < -0.39 is 0 Å². The Morgan fingerprint density at radius 1 is 1.33 bits per heavy atom. The number of fused-ring (bicyclic) bond motifs is 1. The summed E-state index contributed by atoms with van der Waals surface area (Å²) in [4.78, 5) is 15.2. The van der Waals surface area contributed by atoms with Crippen molar-refractivity contribution < 1.29 is 14.3 Å². The number of para-hydroxylation sites is 2. The zero-order valence-corrected chi connectivity index (χ0v) is 15.7. The maximum absolute atomic E-state index is 12.4. The molecule has 1 aliphatic rings. The third-order valence-corrected chi connectivity index (χ3v) is 5.26. The lowest BCUT2D eigenvalue weighted by atomic mass is 10.2. The summed E-state index contributed by atoms with van der Waals surface area (Å²) < 4.78 is 12.7. The molecule has 2 aromatic rings. The monoisotopic (exact) mass is 407 g/mol. The number of hydrogen-bond acceptors (Lipinski definition) is 4. The molecule has 0 saturated heterocycles. The third kappa shape index (κ3) is 4.19. The second kappa shape index (κ2) is 7.85. The predicted octanol–water partition coefficient (Wildman–Crippen LogP) is 4.21. The molecule has 0 bridgehead atoms. The number of nitrogens with zero attached hydrogens (tertiary/aromatic N) is 1. The lowest BCUT2D eigenvalue weighted by Gasteiger charge is -2.30. The summed E-state index contributed by atoms with van der Waals surface area (Å²) in [5, 5.41) is 0. The number of rotatable bonds is 5. The first-order valence-electron chi connectivity index (χ1n) is 7.76. The Morgan fingerprint density at radius 3 is 2.83 bits per heavy atom. The Morgan fingerprint density at radius 2 is 2.12 bits per heavy atom. The molecule has 1 amide bonds. The topological polar surface area (TPSA) is 38.8 Å². The standard InChI is InChI=1S/C18H18BrNO3S/c1-2-20(18(21)10-8-14-7-9-17(19)24-14)11-13-12-22-15-5-3-4-6-16(15)23-13/h3-10,13H,2,11-12H2,1H3/b10-8+. The minimum absolute atomic E-state index is 0.0236. The minimum atomic E-state index is -0.159. The van der Waals surface area contributed by atoms with Gasteiger partial charge in [0.05, 0.1) is 10.3 Å². The molecule has 0 spiro atoms. The number of hydrogen-bond donors (Lipinski definition) is 0. The van der Waals surface area contributed by atoms with Gasteiger partial charge in [-0.25, -0.2) is 0 Å². The molecular formula is C18H18BrNO3S. The second-order valence-electron chi connectivity index (χ2n) is 5.35. The van der Waals surface area contributed by atoms with Crippen LogP contribution in [0.5, 0.6) is 11.5 Å². The summed E-state index contributed by atoms with van der Waals surface area (Å²) in [7, 11) is 0. The molecule has 4 nitrogen and oxygen atoms in total. The third-order valence-electron chi connectivity index (χ3n) is 3.67. The number of amides is 1. The number of benzene rings is 1. The molecule has 1 unspecified atom stereocenters. The quantitative estimate of drug-likeness (QED) is 0.696. The Bertz CT molecular complexity index is 743. The fourth-order valence-corrected chi connectivity index (χ4v) is 3.78. The van der Waals surface area contributed by atoms with Crippen LogP contribution in [0, 0.1) is 0 Å². The summed E-state index contributed by atoms with van der Waals surface area (Å²) in [5.41, 5.74) is 0. The summed E-state index contributed by atoms with van der Waals surface area (Å²) in [6.07, 6.45) is 3.29. The van der Waals surface area contributed by atoms with Crippen LogP contribution >= 0.6 is 27.3 Å². The molecule has 126 valence electrons. The van der Waals surface area contributed by atoms with Crippen molar-refractivity contribution in [1.82, 2.24) is 4.90 Å². The molecule has 1 atom stereocenters. The average molecular weight is 408 g/mol. The van der Waals surface area contributed by atoms with Gasteiger partial charge in [0.1, 0.15) is 6.61 Å². The van der Waals surface area contributed by atoms with E-state index in [0.717, 1.165) is 20.2 Å². The van der Waals surface area contributed by atoms with Crippen molar-refractivity contribution >= 4 is 39.2 Å². The molecular weight excluding hydrogens is 390 g/mol. The molecule has 0 radical (unpaired) electrons. The molecule has 0 N–H and O–H groups in total. The largest absolute Gasteiger partial charge is 0.486 e. The Labute approximate surface area is 153 Å². The van der Waals surface area contributed by atoms with Gasteiger partial charge in [0, 0.05) is 17.5 Å². The Hall–Kier alpha value is -1.79. The molecule has 2 heterocycles. The molecule has 0 saturated carbocycles. The second-order valence-corrected chi connectivity index (χ2v) is 7.84. The highest BCUT2D eigenvalue weighted by atomic mass is 79.9. The van der Waals surface area contributed by atoms with Crippen LogP contribution in [0.15, 0.2) is 46.3 Å². The molecule has 1 aromatic heterocycles. The highest BCUT2D eigenvalue weighted by Crippen LogP contribution is 2.31. The fraction of sp³-hybridized carbons (Fsp3) is 0.278. The number of likely N-dealkylation sites (N-methyl/N-ethyl adjacent to an activating group) is 1. The van der Waals surface area contributed by atoms with Crippen LogP contribution in [0.1, 0.15) is 11.8 Å². The van der Waals surface area contributed by atoms with E-state index in [-0.39, 0.29) is 12.0 Å². The maximum Gasteiger partial charge on any atom is 0.246 e. The molecule has 1 aliphatic heterocycles. The van der Waals surface area contributed by atoms with Gasteiger partial charge in [0.15, 0.2) is 17.6 Å². The van der Waals surface area contributed by atoms with Crippen LogP contribution < -0.4 is 9.47 Å². The van der Waals surface area contributed by atoms with Gasteiger partial charge in [-0.3, -0.25) is 4.79 Å². The number of thiophene rings is 1. The first kappa shape index (κ1) is 17.0. The van der Waals surface area contributed by atoms with E-state index >= 15 is 0 Å². The highest BCUT2D eigenvalue weighted by Gasteiger charge is 2.23. The van der Waals surface area contributed by atoms with Gasteiger partial charge >= 0.3 is 0 Å². The van der Waals surface area contributed by atoms with Crippen LogP contribution in [0.2, 0.25) is 0 Å². The number of carbonyl (C=O) groups excluding carboxylic acids is 1. The van der Waals surface area contributed by atoms with E-state index in [1.165, 1.54) is 0 Å². The lowest BCUT2D eigenvalue weighted by Crippen LogP contribution is -2.43. The van der Waals surface area contributed by atoms with E-state index in [2.05, 4.69) is 15.9 Å².